The molecule has 0 saturated heterocycles. The van der Waals surface area contributed by atoms with Gasteiger partial charge in [-0.1, -0.05) is 12.1 Å². The van der Waals surface area contributed by atoms with Gasteiger partial charge in [0.25, 0.3) is 0 Å². The highest BCUT2D eigenvalue weighted by molar-refractivity contribution is 5.88. The summed E-state index contributed by atoms with van der Waals surface area (Å²) in [5, 5.41) is 8.33. The van der Waals surface area contributed by atoms with Gasteiger partial charge >= 0.3 is 6.03 Å². The van der Waals surface area contributed by atoms with Crippen LogP contribution in [0.1, 0.15) is 31.2 Å². The molecule has 0 aliphatic heterocycles. The molecule has 1 heterocycles. The van der Waals surface area contributed by atoms with Crippen molar-refractivity contribution in [2.24, 2.45) is 0 Å². The first kappa shape index (κ1) is 16.6. The van der Waals surface area contributed by atoms with Gasteiger partial charge in [0, 0.05) is 19.2 Å². The van der Waals surface area contributed by atoms with E-state index in [-0.39, 0.29) is 18.0 Å². The summed E-state index contributed by atoms with van der Waals surface area (Å²) < 4.78 is 5.24. The van der Waals surface area contributed by atoms with Crippen LogP contribution in [0.5, 0.6) is 0 Å². The van der Waals surface area contributed by atoms with Crippen LogP contribution >= 0.6 is 0 Å². The largest absolute Gasteiger partial charge is 0.467 e. The third-order valence-electron chi connectivity index (χ3n) is 3.29. The Hall–Kier alpha value is -2.76. The number of anilines is 1. The lowest BCUT2D eigenvalue weighted by Crippen LogP contribution is -2.37. The SMILES string of the molecule is CC(=O)Nc1ccc(CCNC(=O)NC(C)c2ccco2)cc1. The summed E-state index contributed by atoms with van der Waals surface area (Å²) >= 11 is 0. The molecule has 3 amide bonds. The minimum Gasteiger partial charge on any atom is -0.467 e. The molecule has 2 rings (SSSR count). The van der Waals surface area contributed by atoms with Crippen LogP contribution in [0.2, 0.25) is 0 Å². The van der Waals surface area contributed by atoms with E-state index in [9.17, 15) is 9.59 Å². The summed E-state index contributed by atoms with van der Waals surface area (Å²) in [5.41, 5.74) is 1.85. The van der Waals surface area contributed by atoms with Gasteiger partial charge in [-0.15, -0.1) is 0 Å². The van der Waals surface area contributed by atoms with Gasteiger partial charge in [0.1, 0.15) is 5.76 Å². The van der Waals surface area contributed by atoms with Crippen LogP contribution in [0, 0.1) is 0 Å². The topological polar surface area (TPSA) is 83.4 Å². The Bertz CT molecular complexity index is 636. The molecule has 23 heavy (non-hydrogen) atoms. The molecule has 0 bridgehead atoms. The van der Waals surface area contributed by atoms with Gasteiger partial charge < -0.3 is 20.4 Å². The van der Waals surface area contributed by atoms with Crippen LogP contribution in [-0.2, 0) is 11.2 Å². The number of carbonyl (C=O) groups excluding carboxylic acids is 2. The van der Waals surface area contributed by atoms with E-state index in [1.807, 2.05) is 37.3 Å². The molecule has 0 saturated carbocycles. The highest BCUT2D eigenvalue weighted by Gasteiger charge is 2.10. The number of carbonyl (C=O) groups is 2. The second kappa shape index (κ2) is 8.03. The maximum Gasteiger partial charge on any atom is 0.315 e. The Balaban J connectivity index is 1.72. The van der Waals surface area contributed by atoms with Crippen molar-refractivity contribution >= 4 is 17.6 Å². The molecule has 0 aliphatic rings. The summed E-state index contributed by atoms with van der Waals surface area (Å²) in [4.78, 5) is 22.7. The molecule has 1 aromatic heterocycles. The van der Waals surface area contributed by atoms with E-state index < -0.39 is 0 Å². The zero-order valence-corrected chi connectivity index (χ0v) is 13.3. The van der Waals surface area contributed by atoms with E-state index >= 15 is 0 Å². The Labute approximate surface area is 135 Å². The molecule has 1 unspecified atom stereocenters. The summed E-state index contributed by atoms with van der Waals surface area (Å²) in [5.74, 6) is 0.621. The summed E-state index contributed by atoms with van der Waals surface area (Å²) in [7, 11) is 0. The van der Waals surface area contributed by atoms with Crippen molar-refractivity contribution in [1.82, 2.24) is 10.6 Å². The third kappa shape index (κ3) is 5.50. The van der Waals surface area contributed by atoms with Crippen LogP contribution in [-0.4, -0.2) is 18.5 Å². The molecule has 0 fully saturated rings. The Morgan fingerprint density at radius 3 is 2.52 bits per heavy atom. The van der Waals surface area contributed by atoms with E-state index in [4.69, 9.17) is 4.42 Å². The highest BCUT2D eigenvalue weighted by Crippen LogP contribution is 2.12. The lowest BCUT2D eigenvalue weighted by molar-refractivity contribution is -0.114. The van der Waals surface area contributed by atoms with Gasteiger partial charge in [0.05, 0.1) is 12.3 Å². The number of urea groups is 1. The van der Waals surface area contributed by atoms with Gasteiger partial charge in [0.15, 0.2) is 0 Å². The lowest BCUT2D eigenvalue weighted by atomic mass is 10.1. The van der Waals surface area contributed by atoms with Gasteiger partial charge in [0.2, 0.25) is 5.91 Å². The smallest absolute Gasteiger partial charge is 0.315 e. The van der Waals surface area contributed by atoms with Crippen molar-refractivity contribution in [1.29, 1.82) is 0 Å². The summed E-state index contributed by atoms with van der Waals surface area (Å²) in [6.45, 7) is 3.86. The average Bonchev–Trinajstić information content (AvgIpc) is 3.03. The minimum atomic E-state index is -0.233. The zero-order chi connectivity index (χ0) is 16.7. The van der Waals surface area contributed by atoms with E-state index in [0.717, 1.165) is 11.3 Å². The number of hydrogen-bond donors (Lipinski definition) is 3. The predicted octanol–water partition coefficient (Wildman–Crippen LogP) is 2.84. The number of amides is 3. The Kier molecular flexibility index (Phi) is 5.80. The Morgan fingerprint density at radius 2 is 1.91 bits per heavy atom. The fourth-order valence-corrected chi connectivity index (χ4v) is 2.13. The average molecular weight is 315 g/mol. The minimum absolute atomic E-state index is 0.0956. The van der Waals surface area contributed by atoms with Crippen molar-refractivity contribution in [3.63, 3.8) is 0 Å². The second-order valence-corrected chi connectivity index (χ2v) is 5.27. The molecule has 1 atom stereocenters. The number of benzene rings is 1. The number of furan rings is 1. The molecule has 3 N–H and O–H groups in total. The fraction of sp³-hybridized carbons (Fsp3) is 0.294. The van der Waals surface area contributed by atoms with Crippen LogP contribution in [0.4, 0.5) is 10.5 Å². The number of rotatable bonds is 6. The number of nitrogens with one attached hydrogen (secondary N) is 3. The number of hydrogen-bond acceptors (Lipinski definition) is 3. The van der Waals surface area contributed by atoms with Crippen molar-refractivity contribution in [2.75, 3.05) is 11.9 Å². The summed E-state index contributed by atoms with van der Waals surface area (Å²) in [6, 6.07) is 10.7. The van der Waals surface area contributed by atoms with Gasteiger partial charge in [-0.25, -0.2) is 4.79 Å². The molecule has 0 aliphatic carbocycles. The predicted molar refractivity (Wildman–Crippen MR) is 88.1 cm³/mol. The first-order valence-electron chi connectivity index (χ1n) is 7.49. The molecular formula is C17H21N3O3. The van der Waals surface area contributed by atoms with Gasteiger partial charge in [-0.05, 0) is 43.2 Å². The molecule has 0 spiro atoms. The first-order valence-corrected chi connectivity index (χ1v) is 7.49. The van der Waals surface area contributed by atoms with Gasteiger partial charge in [-0.2, -0.15) is 0 Å². The molecule has 6 heteroatoms. The normalized spacial score (nSPS) is 11.6. The zero-order valence-electron chi connectivity index (χ0n) is 13.3. The van der Waals surface area contributed by atoms with Gasteiger partial charge in [-0.3, -0.25) is 4.79 Å². The van der Waals surface area contributed by atoms with Crippen LogP contribution in [0.15, 0.2) is 47.1 Å². The maximum atomic E-state index is 11.8. The highest BCUT2D eigenvalue weighted by atomic mass is 16.3. The van der Waals surface area contributed by atoms with Crippen molar-refractivity contribution in [2.45, 2.75) is 26.3 Å². The van der Waals surface area contributed by atoms with Crippen LogP contribution < -0.4 is 16.0 Å². The van der Waals surface area contributed by atoms with E-state index in [0.29, 0.717) is 18.7 Å². The molecule has 2 aromatic rings. The second-order valence-electron chi connectivity index (χ2n) is 5.27. The standard InChI is InChI=1S/C17H21N3O3/c1-12(16-4-3-11-23-16)19-17(22)18-10-9-14-5-7-15(8-6-14)20-13(2)21/h3-8,11-12H,9-10H2,1-2H3,(H,20,21)(H2,18,19,22). The lowest BCUT2D eigenvalue weighted by Gasteiger charge is -2.12. The van der Waals surface area contributed by atoms with Crippen molar-refractivity contribution in [3.05, 3.63) is 54.0 Å². The third-order valence-corrected chi connectivity index (χ3v) is 3.29. The summed E-state index contributed by atoms with van der Waals surface area (Å²) in [6.07, 6.45) is 2.29. The van der Waals surface area contributed by atoms with Crippen LogP contribution in [0.3, 0.4) is 0 Å². The molecule has 1 aromatic carbocycles. The maximum absolute atomic E-state index is 11.8. The van der Waals surface area contributed by atoms with Crippen molar-refractivity contribution < 1.29 is 14.0 Å². The monoisotopic (exact) mass is 315 g/mol. The molecular weight excluding hydrogens is 294 g/mol. The van der Waals surface area contributed by atoms with Crippen molar-refractivity contribution in [3.8, 4) is 0 Å². The van der Waals surface area contributed by atoms with Crippen LogP contribution in [0.25, 0.3) is 0 Å². The molecule has 6 nitrogen and oxygen atoms in total. The quantitative estimate of drug-likeness (QED) is 0.766. The van der Waals surface area contributed by atoms with E-state index in [1.54, 1.807) is 12.3 Å². The first-order chi connectivity index (χ1) is 11.0. The fourth-order valence-electron chi connectivity index (χ4n) is 2.13. The van der Waals surface area contributed by atoms with E-state index in [2.05, 4.69) is 16.0 Å². The Morgan fingerprint density at radius 1 is 1.17 bits per heavy atom. The van der Waals surface area contributed by atoms with E-state index in [1.165, 1.54) is 6.92 Å². The molecule has 122 valence electrons. The molecule has 0 radical (unpaired) electrons.